The number of amides is 1. The highest BCUT2D eigenvalue weighted by molar-refractivity contribution is 5.76. The summed E-state index contributed by atoms with van der Waals surface area (Å²) < 4.78 is 5.01. The average molecular weight is 239 g/mol. The lowest BCUT2D eigenvalue weighted by Gasteiger charge is -2.16. The SMILES string of the molecule is CCC(NC(=O)CC(C)COC)c1ncc[nH]1. The van der Waals surface area contributed by atoms with E-state index in [0.717, 1.165) is 12.2 Å². The largest absolute Gasteiger partial charge is 0.384 e. The Morgan fingerprint density at radius 2 is 2.41 bits per heavy atom. The number of H-pyrrole nitrogens is 1. The number of carbonyl (C=O) groups is 1. The Labute approximate surface area is 102 Å². The minimum absolute atomic E-state index is 0.0350. The number of methoxy groups -OCH3 is 1. The summed E-state index contributed by atoms with van der Waals surface area (Å²) in [5, 5.41) is 2.97. The van der Waals surface area contributed by atoms with Crippen LogP contribution in [-0.4, -0.2) is 29.6 Å². The second-order valence-electron chi connectivity index (χ2n) is 4.27. The predicted molar refractivity (Wildman–Crippen MR) is 65.4 cm³/mol. The minimum Gasteiger partial charge on any atom is -0.384 e. The third-order valence-electron chi connectivity index (χ3n) is 2.58. The van der Waals surface area contributed by atoms with Crippen LogP contribution in [0.3, 0.4) is 0 Å². The van der Waals surface area contributed by atoms with Crippen molar-refractivity contribution in [3.63, 3.8) is 0 Å². The van der Waals surface area contributed by atoms with Crippen molar-refractivity contribution in [2.24, 2.45) is 5.92 Å². The molecule has 17 heavy (non-hydrogen) atoms. The van der Waals surface area contributed by atoms with Gasteiger partial charge in [-0.3, -0.25) is 4.79 Å². The molecular weight excluding hydrogens is 218 g/mol. The average Bonchev–Trinajstić information content (AvgIpc) is 2.79. The van der Waals surface area contributed by atoms with Crippen LogP contribution in [0.5, 0.6) is 0 Å². The number of aromatic amines is 1. The quantitative estimate of drug-likeness (QED) is 0.760. The van der Waals surface area contributed by atoms with Crippen LogP contribution in [0.1, 0.15) is 38.6 Å². The normalized spacial score (nSPS) is 14.3. The van der Waals surface area contributed by atoms with Gasteiger partial charge in [0.25, 0.3) is 0 Å². The number of imidazole rings is 1. The molecule has 5 heteroatoms. The van der Waals surface area contributed by atoms with Gasteiger partial charge >= 0.3 is 0 Å². The first-order valence-corrected chi connectivity index (χ1v) is 5.94. The number of nitrogens with one attached hydrogen (secondary N) is 2. The highest BCUT2D eigenvalue weighted by Crippen LogP contribution is 2.12. The van der Waals surface area contributed by atoms with Crippen molar-refractivity contribution in [2.75, 3.05) is 13.7 Å². The molecule has 1 rings (SSSR count). The van der Waals surface area contributed by atoms with Gasteiger partial charge in [-0.15, -0.1) is 0 Å². The highest BCUT2D eigenvalue weighted by atomic mass is 16.5. The van der Waals surface area contributed by atoms with Gasteiger partial charge in [0.1, 0.15) is 5.82 Å². The second kappa shape index (κ2) is 7.06. The lowest BCUT2D eigenvalue weighted by molar-refractivity contribution is -0.123. The van der Waals surface area contributed by atoms with E-state index in [0.29, 0.717) is 13.0 Å². The van der Waals surface area contributed by atoms with Gasteiger partial charge in [0.05, 0.1) is 6.04 Å². The fourth-order valence-electron chi connectivity index (χ4n) is 1.75. The molecule has 0 saturated heterocycles. The zero-order valence-corrected chi connectivity index (χ0v) is 10.7. The van der Waals surface area contributed by atoms with E-state index in [-0.39, 0.29) is 17.9 Å². The number of aromatic nitrogens is 2. The van der Waals surface area contributed by atoms with Gasteiger partial charge in [0.15, 0.2) is 0 Å². The number of ether oxygens (including phenoxy) is 1. The van der Waals surface area contributed by atoms with Crippen molar-refractivity contribution in [3.05, 3.63) is 18.2 Å². The van der Waals surface area contributed by atoms with Crippen molar-refractivity contribution in [3.8, 4) is 0 Å². The van der Waals surface area contributed by atoms with Crippen molar-refractivity contribution in [1.82, 2.24) is 15.3 Å². The van der Waals surface area contributed by atoms with Crippen LogP contribution >= 0.6 is 0 Å². The molecule has 1 aromatic heterocycles. The molecule has 0 aliphatic rings. The number of hydrogen-bond donors (Lipinski definition) is 2. The molecule has 2 unspecified atom stereocenters. The summed E-state index contributed by atoms with van der Waals surface area (Å²) in [5.41, 5.74) is 0. The topological polar surface area (TPSA) is 67.0 Å². The summed E-state index contributed by atoms with van der Waals surface area (Å²) in [6.45, 7) is 4.62. The lowest BCUT2D eigenvalue weighted by atomic mass is 10.1. The van der Waals surface area contributed by atoms with Crippen LogP contribution in [0.15, 0.2) is 12.4 Å². The van der Waals surface area contributed by atoms with Crippen LogP contribution < -0.4 is 5.32 Å². The molecule has 1 amide bonds. The number of rotatable bonds is 7. The number of nitrogens with zero attached hydrogens (tertiary/aromatic N) is 1. The first-order chi connectivity index (χ1) is 8.17. The van der Waals surface area contributed by atoms with Gasteiger partial charge in [-0.25, -0.2) is 4.98 Å². The fraction of sp³-hybridized carbons (Fsp3) is 0.667. The summed E-state index contributed by atoms with van der Waals surface area (Å²) in [5.74, 6) is 1.08. The van der Waals surface area contributed by atoms with Crippen LogP contribution in [0.4, 0.5) is 0 Å². The summed E-state index contributed by atoms with van der Waals surface area (Å²) in [4.78, 5) is 19.0. The van der Waals surface area contributed by atoms with E-state index in [1.807, 2.05) is 13.8 Å². The number of carbonyl (C=O) groups excluding carboxylic acids is 1. The minimum atomic E-state index is -0.0350. The maximum atomic E-state index is 11.8. The molecule has 0 bridgehead atoms. The maximum Gasteiger partial charge on any atom is 0.220 e. The molecule has 0 radical (unpaired) electrons. The molecule has 0 aliphatic carbocycles. The Balaban J connectivity index is 2.43. The third-order valence-corrected chi connectivity index (χ3v) is 2.58. The first-order valence-electron chi connectivity index (χ1n) is 5.94. The van der Waals surface area contributed by atoms with Crippen molar-refractivity contribution in [2.45, 2.75) is 32.7 Å². The van der Waals surface area contributed by atoms with E-state index in [9.17, 15) is 4.79 Å². The van der Waals surface area contributed by atoms with E-state index < -0.39 is 0 Å². The van der Waals surface area contributed by atoms with Gasteiger partial charge in [-0.1, -0.05) is 13.8 Å². The predicted octanol–water partition coefficient (Wildman–Crippen LogP) is 1.65. The first kappa shape index (κ1) is 13.7. The Kier molecular flexibility index (Phi) is 5.69. The van der Waals surface area contributed by atoms with Gasteiger partial charge in [-0.2, -0.15) is 0 Å². The number of hydrogen-bond acceptors (Lipinski definition) is 3. The Morgan fingerprint density at radius 1 is 1.65 bits per heavy atom. The van der Waals surface area contributed by atoms with Crippen molar-refractivity contribution in [1.29, 1.82) is 0 Å². The molecule has 1 heterocycles. The van der Waals surface area contributed by atoms with E-state index in [4.69, 9.17) is 4.74 Å². The summed E-state index contributed by atoms with van der Waals surface area (Å²) in [6.07, 6.45) is 4.75. The van der Waals surface area contributed by atoms with Crippen molar-refractivity contribution >= 4 is 5.91 Å². The molecule has 5 nitrogen and oxygen atoms in total. The van der Waals surface area contributed by atoms with Crippen LogP contribution in [0.25, 0.3) is 0 Å². The Hall–Kier alpha value is -1.36. The van der Waals surface area contributed by atoms with Crippen LogP contribution in [0, 0.1) is 5.92 Å². The van der Waals surface area contributed by atoms with E-state index in [2.05, 4.69) is 15.3 Å². The molecule has 0 spiro atoms. The molecular formula is C12H21N3O2. The monoisotopic (exact) mass is 239 g/mol. The van der Waals surface area contributed by atoms with Gasteiger partial charge in [-0.05, 0) is 12.3 Å². The third kappa shape index (κ3) is 4.56. The lowest BCUT2D eigenvalue weighted by Crippen LogP contribution is -2.30. The van der Waals surface area contributed by atoms with Crippen molar-refractivity contribution < 1.29 is 9.53 Å². The molecule has 2 atom stereocenters. The zero-order chi connectivity index (χ0) is 12.7. The Bertz CT molecular complexity index is 325. The van der Waals surface area contributed by atoms with E-state index >= 15 is 0 Å². The molecule has 0 saturated carbocycles. The standard InChI is InChI=1S/C12H21N3O2/c1-4-10(12-13-5-6-14-12)15-11(16)7-9(2)8-17-3/h5-6,9-10H,4,7-8H2,1-3H3,(H,13,14)(H,15,16). The molecule has 2 N–H and O–H groups in total. The highest BCUT2D eigenvalue weighted by Gasteiger charge is 2.16. The molecule has 0 fully saturated rings. The maximum absolute atomic E-state index is 11.8. The second-order valence-corrected chi connectivity index (χ2v) is 4.27. The summed E-state index contributed by atoms with van der Waals surface area (Å²) in [7, 11) is 1.64. The summed E-state index contributed by atoms with van der Waals surface area (Å²) in [6, 6.07) is -0.0350. The van der Waals surface area contributed by atoms with Crippen LogP contribution in [-0.2, 0) is 9.53 Å². The van der Waals surface area contributed by atoms with Crippen LogP contribution in [0.2, 0.25) is 0 Å². The molecule has 96 valence electrons. The van der Waals surface area contributed by atoms with Gasteiger partial charge in [0.2, 0.25) is 5.91 Å². The summed E-state index contributed by atoms with van der Waals surface area (Å²) >= 11 is 0. The van der Waals surface area contributed by atoms with E-state index in [1.54, 1.807) is 19.5 Å². The van der Waals surface area contributed by atoms with E-state index in [1.165, 1.54) is 0 Å². The van der Waals surface area contributed by atoms with Gasteiger partial charge < -0.3 is 15.0 Å². The molecule has 0 aliphatic heterocycles. The Morgan fingerprint density at radius 3 is 2.94 bits per heavy atom. The van der Waals surface area contributed by atoms with Gasteiger partial charge in [0, 0.05) is 32.5 Å². The fourth-order valence-corrected chi connectivity index (χ4v) is 1.75. The smallest absolute Gasteiger partial charge is 0.220 e. The molecule has 1 aromatic rings. The molecule has 0 aromatic carbocycles. The zero-order valence-electron chi connectivity index (χ0n) is 10.7.